The highest BCUT2D eigenvalue weighted by molar-refractivity contribution is 5.86. The number of piperazine rings is 1. The SMILES string of the molecule is CN1CCN(N=Cc2[nH]c(-c3ccccc3)[n+]3ccccc23)CC1. The molecular formula is C19H22N5+. The van der Waals surface area contributed by atoms with Gasteiger partial charge in [0.25, 0.3) is 5.82 Å². The molecule has 0 atom stereocenters. The number of benzene rings is 1. The lowest BCUT2D eigenvalue weighted by Crippen LogP contribution is -2.41. The van der Waals surface area contributed by atoms with Gasteiger partial charge in [0.15, 0.2) is 11.2 Å². The summed E-state index contributed by atoms with van der Waals surface area (Å²) < 4.78 is 2.18. The summed E-state index contributed by atoms with van der Waals surface area (Å²) in [6.07, 6.45) is 4.04. The zero-order chi connectivity index (χ0) is 16.4. The molecule has 1 N–H and O–H groups in total. The van der Waals surface area contributed by atoms with Crippen molar-refractivity contribution in [1.29, 1.82) is 0 Å². The molecule has 0 saturated carbocycles. The van der Waals surface area contributed by atoms with Gasteiger partial charge >= 0.3 is 0 Å². The number of pyridine rings is 1. The lowest BCUT2D eigenvalue weighted by atomic mass is 10.2. The lowest BCUT2D eigenvalue weighted by Gasteiger charge is -2.29. The second kappa shape index (κ2) is 6.45. The van der Waals surface area contributed by atoms with Gasteiger partial charge in [-0.1, -0.05) is 24.3 Å². The summed E-state index contributed by atoms with van der Waals surface area (Å²) >= 11 is 0. The van der Waals surface area contributed by atoms with E-state index in [2.05, 4.69) is 80.1 Å². The molecule has 0 unspecified atom stereocenters. The van der Waals surface area contributed by atoms with E-state index in [0.29, 0.717) is 0 Å². The average molecular weight is 320 g/mol. The molecule has 5 heteroatoms. The molecule has 2 aromatic heterocycles. The van der Waals surface area contributed by atoms with Crippen LogP contribution in [-0.2, 0) is 0 Å². The van der Waals surface area contributed by atoms with Crippen molar-refractivity contribution in [1.82, 2.24) is 14.9 Å². The number of imidazole rings is 1. The average Bonchev–Trinajstić information content (AvgIpc) is 3.01. The smallest absolute Gasteiger partial charge is 0.292 e. The van der Waals surface area contributed by atoms with Crippen molar-refractivity contribution in [2.75, 3.05) is 33.2 Å². The minimum atomic E-state index is 0.977. The van der Waals surface area contributed by atoms with Crippen molar-refractivity contribution >= 4 is 11.7 Å². The Hall–Kier alpha value is -2.66. The molecule has 3 aromatic rings. The minimum absolute atomic E-state index is 0.977. The van der Waals surface area contributed by atoms with Crippen molar-refractivity contribution < 1.29 is 4.40 Å². The number of hydrogen-bond acceptors (Lipinski definition) is 3. The Morgan fingerprint density at radius 2 is 1.75 bits per heavy atom. The first-order valence-corrected chi connectivity index (χ1v) is 8.36. The summed E-state index contributed by atoms with van der Waals surface area (Å²) in [5.41, 5.74) is 3.33. The Morgan fingerprint density at radius 1 is 1.00 bits per heavy atom. The van der Waals surface area contributed by atoms with E-state index >= 15 is 0 Å². The van der Waals surface area contributed by atoms with Crippen molar-refractivity contribution in [3.63, 3.8) is 0 Å². The molecule has 5 nitrogen and oxygen atoms in total. The molecule has 1 saturated heterocycles. The summed E-state index contributed by atoms with van der Waals surface area (Å²) in [6, 6.07) is 16.6. The number of nitrogens with one attached hydrogen (secondary N) is 1. The molecule has 24 heavy (non-hydrogen) atoms. The van der Waals surface area contributed by atoms with E-state index in [1.807, 2.05) is 12.3 Å². The normalized spacial score (nSPS) is 16.3. The molecule has 1 aliphatic rings. The predicted octanol–water partition coefficient (Wildman–Crippen LogP) is 2.00. The highest BCUT2D eigenvalue weighted by Gasteiger charge is 2.19. The number of aromatic amines is 1. The fourth-order valence-electron chi connectivity index (χ4n) is 3.07. The van der Waals surface area contributed by atoms with E-state index in [9.17, 15) is 0 Å². The number of likely N-dealkylation sites (N-methyl/N-ethyl adjacent to an activating group) is 1. The van der Waals surface area contributed by atoms with E-state index in [4.69, 9.17) is 0 Å². The van der Waals surface area contributed by atoms with Crippen LogP contribution in [0.15, 0.2) is 59.8 Å². The molecule has 4 rings (SSSR count). The van der Waals surface area contributed by atoms with Crippen LogP contribution < -0.4 is 4.40 Å². The zero-order valence-electron chi connectivity index (χ0n) is 13.9. The third kappa shape index (κ3) is 2.90. The van der Waals surface area contributed by atoms with Gasteiger partial charge in [-0.2, -0.15) is 9.50 Å². The highest BCUT2D eigenvalue weighted by atomic mass is 15.5. The fourth-order valence-corrected chi connectivity index (χ4v) is 3.07. The van der Waals surface area contributed by atoms with Crippen LogP contribution in [0.4, 0.5) is 0 Å². The van der Waals surface area contributed by atoms with Crippen LogP contribution in [0, 0.1) is 0 Å². The first-order chi connectivity index (χ1) is 11.8. The number of hydrazone groups is 1. The summed E-state index contributed by atoms with van der Waals surface area (Å²) in [4.78, 5) is 5.86. The molecule has 1 fully saturated rings. The van der Waals surface area contributed by atoms with Gasteiger partial charge in [0, 0.05) is 26.2 Å². The third-order valence-corrected chi connectivity index (χ3v) is 4.51. The van der Waals surface area contributed by atoms with Gasteiger partial charge in [0.05, 0.1) is 18.0 Å². The monoisotopic (exact) mass is 320 g/mol. The number of nitrogens with zero attached hydrogens (tertiary/aromatic N) is 4. The van der Waals surface area contributed by atoms with Gasteiger partial charge in [0.2, 0.25) is 0 Å². The summed E-state index contributed by atoms with van der Waals surface area (Å²) in [5, 5.41) is 6.82. The Morgan fingerprint density at radius 3 is 2.54 bits per heavy atom. The first-order valence-electron chi connectivity index (χ1n) is 8.36. The van der Waals surface area contributed by atoms with Crippen LogP contribution in [-0.4, -0.2) is 54.3 Å². The van der Waals surface area contributed by atoms with Gasteiger partial charge < -0.3 is 4.90 Å². The predicted molar refractivity (Wildman–Crippen MR) is 96.1 cm³/mol. The van der Waals surface area contributed by atoms with E-state index < -0.39 is 0 Å². The van der Waals surface area contributed by atoms with Crippen molar-refractivity contribution in [2.24, 2.45) is 5.10 Å². The number of hydrogen-bond donors (Lipinski definition) is 1. The second-order valence-electron chi connectivity index (χ2n) is 6.21. The molecule has 0 aliphatic carbocycles. The Labute approximate surface area is 141 Å². The van der Waals surface area contributed by atoms with Crippen molar-refractivity contribution in [2.45, 2.75) is 0 Å². The minimum Gasteiger partial charge on any atom is -0.303 e. The van der Waals surface area contributed by atoms with Crippen molar-refractivity contribution in [3.8, 4) is 11.4 Å². The van der Waals surface area contributed by atoms with E-state index in [1.54, 1.807) is 0 Å². The molecule has 122 valence electrons. The quantitative estimate of drug-likeness (QED) is 0.592. The maximum atomic E-state index is 4.68. The molecule has 3 heterocycles. The standard InChI is InChI=1S/C19H21N5/c1-22-11-13-23(14-12-22)20-15-17-18-9-5-6-10-24(18)19(21-17)16-7-3-2-4-8-16/h2-10,15H,11-14H2,1H3/p+1. The fraction of sp³-hybridized carbons (Fsp3) is 0.263. The van der Waals surface area contributed by atoms with Crippen LogP contribution >= 0.6 is 0 Å². The molecule has 0 radical (unpaired) electrons. The van der Waals surface area contributed by atoms with Crippen LogP contribution in [0.1, 0.15) is 5.69 Å². The first kappa shape index (κ1) is 14.9. The number of fused-ring (bicyclic) bond motifs is 1. The molecule has 0 spiro atoms. The molecule has 0 bridgehead atoms. The molecule has 0 amide bonds. The Bertz CT molecular complexity index is 845. The van der Waals surface area contributed by atoms with E-state index in [1.165, 1.54) is 0 Å². The Balaban J connectivity index is 1.69. The van der Waals surface area contributed by atoms with E-state index in [0.717, 1.165) is 48.8 Å². The lowest BCUT2D eigenvalue weighted by molar-refractivity contribution is -0.498. The maximum Gasteiger partial charge on any atom is 0.292 e. The highest BCUT2D eigenvalue weighted by Crippen LogP contribution is 2.16. The Kier molecular flexibility index (Phi) is 4.01. The number of H-pyrrole nitrogens is 1. The van der Waals surface area contributed by atoms with Gasteiger partial charge in [-0.15, -0.1) is 0 Å². The molecular weight excluding hydrogens is 298 g/mol. The molecule has 1 aromatic carbocycles. The van der Waals surface area contributed by atoms with Gasteiger partial charge in [0.1, 0.15) is 0 Å². The summed E-state index contributed by atoms with van der Waals surface area (Å²) in [7, 11) is 2.16. The molecule has 1 aliphatic heterocycles. The van der Waals surface area contributed by atoms with Crippen LogP contribution in [0.5, 0.6) is 0 Å². The van der Waals surface area contributed by atoms with Gasteiger partial charge in [-0.3, -0.25) is 5.01 Å². The topological polar surface area (TPSA) is 38.7 Å². The maximum absolute atomic E-state index is 4.68. The third-order valence-electron chi connectivity index (χ3n) is 4.51. The van der Waals surface area contributed by atoms with Gasteiger partial charge in [-0.25, -0.2) is 4.98 Å². The summed E-state index contributed by atoms with van der Waals surface area (Å²) in [6.45, 7) is 4.08. The van der Waals surface area contributed by atoms with Crippen LogP contribution in [0.3, 0.4) is 0 Å². The second-order valence-corrected chi connectivity index (χ2v) is 6.21. The van der Waals surface area contributed by atoms with Crippen LogP contribution in [0.2, 0.25) is 0 Å². The number of aromatic nitrogens is 2. The zero-order valence-corrected chi connectivity index (χ0v) is 13.9. The van der Waals surface area contributed by atoms with Gasteiger partial charge in [-0.05, 0) is 31.3 Å². The van der Waals surface area contributed by atoms with Crippen LogP contribution in [0.25, 0.3) is 16.9 Å². The van der Waals surface area contributed by atoms with E-state index in [-0.39, 0.29) is 0 Å². The number of rotatable bonds is 3. The summed E-state index contributed by atoms with van der Waals surface area (Å²) in [5.74, 6) is 1.08. The van der Waals surface area contributed by atoms with Crippen molar-refractivity contribution in [3.05, 3.63) is 60.4 Å². The largest absolute Gasteiger partial charge is 0.303 e.